The first kappa shape index (κ1) is 21.0. The number of halogens is 1. The molecule has 4 aromatic rings. The second-order valence-corrected chi connectivity index (χ2v) is 8.39. The summed E-state index contributed by atoms with van der Waals surface area (Å²) in [7, 11) is 0. The van der Waals surface area contributed by atoms with E-state index < -0.39 is 0 Å². The van der Waals surface area contributed by atoms with Crippen molar-refractivity contribution >= 4 is 73.5 Å². The van der Waals surface area contributed by atoms with E-state index in [1.54, 1.807) is 36.4 Å². The monoisotopic (exact) mass is 465 g/mol. The molecule has 4 rings (SSSR count). The van der Waals surface area contributed by atoms with Crippen LogP contribution in [0.3, 0.4) is 0 Å². The van der Waals surface area contributed by atoms with E-state index in [2.05, 4.69) is 16.0 Å². The highest BCUT2D eigenvalue weighted by molar-refractivity contribution is 7.80. The van der Waals surface area contributed by atoms with Crippen LogP contribution in [-0.2, 0) is 0 Å². The van der Waals surface area contributed by atoms with Crippen molar-refractivity contribution in [2.45, 2.75) is 0 Å². The number of anilines is 2. The molecule has 0 saturated heterocycles. The maximum absolute atomic E-state index is 12.6. The summed E-state index contributed by atoms with van der Waals surface area (Å²) in [4.78, 5) is 25.2. The summed E-state index contributed by atoms with van der Waals surface area (Å²) in [5.74, 6) is -0.556. The molecule has 0 aliphatic rings. The van der Waals surface area contributed by atoms with Crippen LogP contribution >= 0.6 is 35.2 Å². The predicted molar refractivity (Wildman–Crippen MR) is 131 cm³/mol. The van der Waals surface area contributed by atoms with Crippen molar-refractivity contribution in [2.75, 3.05) is 10.6 Å². The van der Waals surface area contributed by atoms with Crippen molar-refractivity contribution in [3.8, 4) is 0 Å². The molecule has 3 N–H and O–H groups in total. The lowest BCUT2D eigenvalue weighted by Crippen LogP contribution is -2.33. The zero-order valence-corrected chi connectivity index (χ0v) is 18.4. The second kappa shape index (κ2) is 9.26. The Balaban J connectivity index is 1.36. The van der Waals surface area contributed by atoms with Crippen molar-refractivity contribution in [3.05, 3.63) is 94.3 Å². The number of carbonyl (C=O) groups is 2. The van der Waals surface area contributed by atoms with Gasteiger partial charge >= 0.3 is 0 Å². The van der Waals surface area contributed by atoms with E-state index in [-0.39, 0.29) is 16.9 Å². The summed E-state index contributed by atoms with van der Waals surface area (Å²) in [6.07, 6.45) is 0. The number of rotatable bonds is 4. The van der Waals surface area contributed by atoms with Gasteiger partial charge in [-0.2, -0.15) is 0 Å². The van der Waals surface area contributed by atoms with Gasteiger partial charge in [0.25, 0.3) is 11.8 Å². The Bertz CT molecular complexity index is 1270. The number of thiocarbonyl (C=S) groups is 1. The van der Waals surface area contributed by atoms with Crippen LogP contribution in [0.15, 0.2) is 78.9 Å². The molecule has 5 nitrogen and oxygen atoms in total. The predicted octanol–water partition coefficient (Wildman–Crippen LogP) is 5.93. The number of fused-ring (bicyclic) bond motifs is 1. The molecule has 0 aliphatic carbocycles. The van der Waals surface area contributed by atoms with Crippen LogP contribution in [0.2, 0.25) is 5.02 Å². The average molecular weight is 466 g/mol. The van der Waals surface area contributed by atoms with Crippen molar-refractivity contribution < 1.29 is 9.59 Å². The number of benzene rings is 3. The minimum absolute atomic E-state index is 0.152. The molecule has 0 radical (unpaired) electrons. The molecule has 0 unspecified atom stereocenters. The maximum atomic E-state index is 12.6. The van der Waals surface area contributed by atoms with Crippen LogP contribution in [0.4, 0.5) is 11.4 Å². The van der Waals surface area contributed by atoms with Crippen LogP contribution < -0.4 is 16.0 Å². The quantitative estimate of drug-likeness (QED) is 0.326. The molecule has 2 amide bonds. The largest absolute Gasteiger partial charge is 0.332 e. The molecule has 8 heteroatoms. The lowest BCUT2D eigenvalue weighted by molar-refractivity contribution is 0.0980. The van der Waals surface area contributed by atoms with Gasteiger partial charge in [-0.05, 0) is 54.7 Å². The molecule has 0 fully saturated rings. The third-order valence-corrected chi connectivity index (χ3v) is 6.28. The zero-order chi connectivity index (χ0) is 21.8. The van der Waals surface area contributed by atoms with E-state index >= 15 is 0 Å². The Morgan fingerprint density at radius 3 is 2.06 bits per heavy atom. The van der Waals surface area contributed by atoms with Crippen LogP contribution in [-0.4, -0.2) is 16.9 Å². The van der Waals surface area contributed by atoms with E-state index in [1.165, 1.54) is 11.3 Å². The molecular formula is C23H16ClN3O2S2. The fourth-order valence-corrected chi connectivity index (χ4v) is 4.53. The highest BCUT2D eigenvalue weighted by atomic mass is 35.5. The van der Waals surface area contributed by atoms with E-state index in [0.29, 0.717) is 26.8 Å². The van der Waals surface area contributed by atoms with Crippen molar-refractivity contribution in [3.63, 3.8) is 0 Å². The minimum atomic E-state index is -0.365. The number of thiophene rings is 1. The van der Waals surface area contributed by atoms with E-state index in [1.807, 2.05) is 42.5 Å². The van der Waals surface area contributed by atoms with Gasteiger partial charge in [-0.25, -0.2) is 0 Å². The third-order valence-electron chi connectivity index (χ3n) is 4.40. The first-order chi connectivity index (χ1) is 15.0. The molecule has 0 atom stereocenters. The number of hydrogen-bond acceptors (Lipinski definition) is 4. The molecule has 1 heterocycles. The molecule has 0 spiro atoms. The minimum Gasteiger partial charge on any atom is -0.332 e. The van der Waals surface area contributed by atoms with Gasteiger partial charge in [0, 0.05) is 27.0 Å². The molecule has 0 bridgehead atoms. The molecule has 3 aromatic carbocycles. The summed E-state index contributed by atoms with van der Waals surface area (Å²) in [6, 6.07) is 23.5. The summed E-state index contributed by atoms with van der Waals surface area (Å²) < 4.78 is 0.935. The maximum Gasteiger partial charge on any atom is 0.269 e. The highest BCUT2D eigenvalue weighted by Gasteiger charge is 2.17. The molecule has 1 aromatic heterocycles. The fourth-order valence-electron chi connectivity index (χ4n) is 2.91. The normalized spacial score (nSPS) is 10.5. The standard InChI is InChI=1S/C23H16ClN3O2S2/c24-19-17-8-4-5-9-18(17)31-20(19)22(29)27-23(30)26-16-12-10-15(11-13-16)25-21(28)14-6-2-1-3-7-14/h1-13H,(H,25,28)(H2,26,27,29,30). The van der Waals surface area contributed by atoms with E-state index in [9.17, 15) is 9.59 Å². The van der Waals surface area contributed by atoms with Crippen LogP contribution in [0.1, 0.15) is 20.0 Å². The first-order valence-electron chi connectivity index (χ1n) is 9.27. The van der Waals surface area contributed by atoms with Gasteiger partial charge in [-0.3, -0.25) is 14.9 Å². The van der Waals surface area contributed by atoms with E-state index in [0.717, 1.165) is 10.1 Å². The van der Waals surface area contributed by atoms with Gasteiger partial charge in [-0.15, -0.1) is 11.3 Å². The number of nitrogens with one attached hydrogen (secondary N) is 3. The summed E-state index contributed by atoms with van der Waals surface area (Å²) in [5.41, 5.74) is 1.89. The smallest absolute Gasteiger partial charge is 0.269 e. The Morgan fingerprint density at radius 2 is 1.39 bits per heavy atom. The first-order valence-corrected chi connectivity index (χ1v) is 10.9. The molecule has 31 heavy (non-hydrogen) atoms. The molecule has 0 aliphatic heterocycles. The molecular weight excluding hydrogens is 450 g/mol. The van der Waals surface area contributed by atoms with Gasteiger partial charge in [-0.1, -0.05) is 48.0 Å². The van der Waals surface area contributed by atoms with Gasteiger partial charge < -0.3 is 10.6 Å². The van der Waals surface area contributed by atoms with Gasteiger partial charge in [0.05, 0.1) is 5.02 Å². The van der Waals surface area contributed by atoms with Crippen LogP contribution in [0.25, 0.3) is 10.1 Å². The van der Waals surface area contributed by atoms with Crippen LogP contribution in [0.5, 0.6) is 0 Å². The lowest BCUT2D eigenvalue weighted by atomic mass is 10.2. The number of hydrogen-bond donors (Lipinski definition) is 3. The van der Waals surface area contributed by atoms with Gasteiger partial charge in [0.1, 0.15) is 4.88 Å². The summed E-state index contributed by atoms with van der Waals surface area (Å²) in [6.45, 7) is 0. The van der Waals surface area contributed by atoms with Crippen molar-refractivity contribution in [2.24, 2.45) is 0 Å². The Labute approximate surface area is 193 Å². The summed E-state index contributed by atoms with van der Waals surface area (Å²) in [5, 5.41) is 9.85. The average Bonchev–Trinajstić information content (AvgIpc) is 3.12. The van der Waals surface area contributed by atoms with Crippen molar-refractivity contribution in [1.29, 1.82) is 0 Å². The van der Waals surface area contributed by atoms with Crippen molar-refractivity contribution in [1.82, 2.24) is 5.32 Å². The Hall–Kier alpha value is -3.26. The Morgan fingerprint density at radius 1 is 0.774 bits per heavy atom. The topological polar surface area (TPSA) is 70.2 Å². The highest BCUT2D eigenvalue weighted by Crippen LogP contribution is 2.35. The van der Waals surface area contributed by atoms with Crippen LogP contribution in [0, 0.1) is 0 Å². The molecule has 154 valence electrons. The van der Waals surface area contributed by atoms with E-state index in [4.69, 9.17) is 23.8 Å². The lowest BCUT2D eigenvalue weighted by Gasteiger charge is -2.10. The third kappa shape index (κ3) is 4.91. The van der Waals surface area contributed by atoms with Gasteiger partial charge in [0.15, 0.2) is 5.11 Å². The zero-order valence-electron chi connectivity index (χ0n) is 16.0. The summed E-state index contributed by atoms with van der Waals surface area (Å²) >= 11 is 12.9. The SMILES string of the molecule is O=C(Nc1ccc(NC(=S)NC(=O)c2sc3ccccc3c2Cl)cc1)c1ccccc1. The fraction of sp³-hybridized carbons (Fsp3) is 0. The second-order valence-electron chi connectivity index (χ2n) is 6.55. The van der Waals surface area contributed by atoms with Gasteiger partial charge in [0.2, 0.25) is 0 Å². The number of amides is 2. The molecule has 0 saturated carbocycles. The number of carbonyl (C=O) groups excluding carboxylic acids is 2. The Kier molecular flexibility index (Phi) is 6.27.